The summed E-state index contributed by atoms with van der Waals surface area (Å²) >= 11 is 8.99. The Labute approximate surface area is 108 Å². The van der Waals surface area contributed by atoms with Gasteiger partial charge in [-0.2, -0.15) is 0 Å². The van der Waals surface area contributed by atoms with E-state index in [2.05, 4.69) is 15.9 Å². The van der Waals surface area contributed by atoms with Crippen molar-refractivity contribution in [2.75, 3.05) is 19.0 Å². The summed E-state index contributed by atoms with van der Waals surface area (Å²) in [6, 6.07) is 3.43. The molecule has 2 heterocycles. The van der Waals surface area contributed by atoms with Crippen LogP contribution < -0.4 is 0 Å². The van der Waals surface area contributed by atoms with E-state index in [1.165, 1.54) is 0 Å². The number of amides is 1. The van der Waals surface area contributed by atoms with Crippen molar-refractivity contribution in [3.8, 4) is 0 Å². The van der Waals surface area contributed by atoms with Gasteiger partial charge in [0.15, 0.2) is 10.4 Å². The van der Waals surface area contributed by atoms with Gasteiger partial charge in [-0.25, -0.2) is 0 Å². The molecule has 2 rings (SSSR count). The van der Waals surface area contributed by atoms with Crippen molar-refractivity contribution in [1.29, 1.82) is 0 Å². The first-order valence-electron chi connectivity index (χ1n) is 5.31. The summed E-state index contributed by atoms with van der Waals surface area (Å²) in [6.45, 7) is 1.54. The average Bonchev–Trinajstić information content (AvgIpc) is 2.75. The van der Waals surface area contributed by atoms with Gasteiger partial charge in [-0.05, 0) is 46.8 Å². The molecular weight excluding hydrogens is 293 g/mol. The van der Waals surface area contributed by atoms with E-state index in [1.54, 1.807) is 12.1 Å². The van der Waals surface area contributed by atoms with Crippen molar-refractivity contribution in [3.05, 3.63) is 22.6 Å². The smallest absolute Gasteiger partial charge is 0.289 e. The molecule has 0 atom stereocenters. The van der Waals surface area contributed by atoms with E-state index < -0.39 is 0 Å². The SMILES string of the molecule is O=C(c1ccc(Br)o1)N1CCC(CCl)CC1. The lowest BCUT2D eigenvalue weighted by atomic mass is 9.99. The molecule has 0 N–H and O–H groups in total. The predicted molar refractivity (Wildman–Crippen MR) is 65.8 cm³/mol. The maximum absolute atomic E-state index is 12.0. The summed E-state index contributed by atoms with van der Waals surface area (Å²) in [5.74, 6) is 1.61. The van der Waals surface area contributed by atoms with Crippen LogP contribution in [-0.4, -0.2) is 29.8 Å². The number of alkyl halides is 1. The van der Waals surface area contributed by atoms with Gasteiger partial charge in [0, 0.05) is 19.0 Å². The van der Waals surface area contributed by atoms with Crippen LogP contribution in [0.3, 0.4) is 0 Å². The summed E-state index contributed by atoms with van der Waals surface area (Å²) in [5.41, 5.74) is 0. The maximum atomic E-state index is 12.0. The molecule has 16 heavy (non-hydrogen) atoms. The molecule has 0 unspecified atom stereocenters. The van der Waals surface area contributed by atoms with E-state index in [0.717, 1.165) is 25.9 Å². The van der Waals surface area contributed by atoms with Gasteiger partial charge in [-0.15, -0.1) is 11.6 Å². The Morgan fingerprint density at radius 3 is 2.69 bits per heavy atom. The van der Waals surface area contributed by atoms with Crippen LogP contribution in [0.4, 0.5) is 0 Å². The number of hydrogen-bond acceptors (Lipinski definition) is 2. The number of nitrogens with zero attached hydrogens (tertiary/aromatic N) is 1. The van der Waals surface area contributed by atoms with Crippen molar-refractivity contribution in [3.63, 3.8) is 0 Å². The molecule has 5 heteroatoms. The van der Waals surface area contributed by atoms with Gasteiger partial charge in [0.05, 0.1) is 0 Å². The minimum Gasteiger partial charge on any atom is -0.444 e. The Kier molecular flexibility index (Phi) is 3.92. The third-order valence-corrected chi connectivity index (χ3v) is 3.77. The topological polar surface area (TPSA) is 33.5 Å². The fraction of sp³-hybridized carbons (Fsp3) is 0.545. The number of halogens is 2. The molecule has 0 saturated carbocycles. The van der Waals surface area contributed by atoms with Gasteiger partial charge < -0.3 is 9.32 Å². The van der Waals surface area contributed by atoms with Gasteiger partial charge in [0.2, 0.25) is 0 Å². The molecule has 1 fully saturated rings. The van der Waals surface area contributed by atoms with E-state index in [4.69, 9.17) is 16.0 Å². The van der Waals surface area contributed by atoms with E-state index >= 15 is 0 Å². The van der Waals surface area contributed by atoms with Crippen LogP contribution in [0.2, 0.25) is 0 Å². The molecule has 1 aliphatic rings. The van der Waals surface area contributed by atoms with Crippen molar-refractivity contribution < 1.29 is 9.21 Å². The van der Waals surface area contributed by atoms with E-state index in [9.17, 15) is 4.79 Å². The Hall–Kier alpha value is -0.480. The number of rotatable bonds is 2. The van der Waals surface area contributed by atoms with E-state index in [1.807, 2.05) is 4.90 Å². The molecule has 1 aliphatic heterocycles. The number of hydrogen-bond donors (Lipinski definition) is 0. The average molecular weight is 307 g/mol. The summed E-state index contributed by atoms with van der Waals surface area (Å²) in [7, 11) is 0. The van der Waals surface area contributed by atoms with Crippen molar-refractivity contribution in [2.24, 2.45) is 5.92 Å². The molecule has 1 amide bonds. The second kappa shape index (κ2) is 5.23. The Balaban J connectivity index is 1.96. The van der Waals surface area contributed by atoms with Crippen LogP contribution in [0.25, 0.3) is 0 Å². The molecule has 3 nitrogen and oxygen atoms in total. The Bertz CT molecular complexity index is 372. The maximum Gasteiger partial charge on any atom is 0.289 e. The quantitative estimate of drug-likeness (QED) is 0.787. The first kappa shape index (κ1) is 12.0. The fourth-order valence-electron chi connectivity index (χ4n) is 1.88. The molecule has 1 aromatic heterocycles. The lowest BCUT2D eigenvalue weighted by Gasteiger charge is -2.30. The third kappa shape index (κ3) is 2.61. The van der Waals surface area contributed by atoms with Gasteiger partial charge in [-0.1, -0.05) is 0 Å². The van der Waals surface area contributed by atoms with Gasteiger partial charge >= 0.3 is 0 Å². The van der Waals surface area contributed by atoms with Gasteiger partial charge in [0.1, 0.15) is 0 Å². The number of furan rings is 1. The highest BCUT2D eigenvalue weighted by Gasteiger charge is 2.24. The normalized spacial score (nSPS) is 17.8. The summed E-state index contributed by atoms with van der Waals surface area (Å²) < 4.78 is 5.84. The summed E-state index contributed by atoms with van der Waals surface area (Å²) in [5, 5.41) is 0. The van der Waals surface area contributed by atoms with Crippen LogP contribution in [0.5, 0.6) is 0 Å². The number of carbonyl (C=O) groups is 1. The molecule has 0 aliphatic carbocycles. The van der Waals surface area contributed by atoms with E-state index in [0.29, 0.717) is 22.2 Å². The Morgan fingerprint density at radius 1 is 1.50 bits per heavy atom. The zero-order valence-corrected chi connectivity index (χ0v) is 11.1. The molecule has 0 radical (unpaired) electrons. The zero-order valence-electron chi connectivity index (χ0n) is 8.79. The molecule has 1 aromatic rings. The first-order valence-corrected chi connectivity index (χ1v) is 6.64. The van der Waals surface area contributed by atoms with Crippen LogP contribution >= 0.6 is 27.5 Å². The molecule has 1 saturated heterocycles. The van der Waals surface area contributed by atoms with Crippen LogP contribution in [0.1, 0.15) is 23.4 Å². The van der Waals surface area contributed by atoms with Crippen LogP contribution in [0.15, 0.2) is 21.2 Å². The van der Waals surface area contributed by atoms with Crippen LogP contribution in [0, 0.1) is 5.92 Å². The highest BCUT2D eigenvalue weighted by atomic mass is 79.9. The molecule has 88 valence electrons. The lowest BCUT2D eigenvalue weighted by molar-refractivity contribution is 0.0664. The monoisotopic (exact) mass is 305 g/mol. The van der Waals surface area contributed by atoms with Crippen molar-refractivity contribution in [2.45, 2.75) is 12.8 Å². The van der Waals surface area contributed by atoms with Gasteiger partial charge in [-0.3, -0.25) is 4.79 Å². The highest BCUT2D eigenvalue weighted by Crippen LogP contribution is 2.21. The molecule has 0 aromatic carbocycles. The third-order valence-electron chi connectivity index (χ3n) is 2.90. The fourth-order valence-corrected chi connectivity index (χ4v) is 2.49. The number of carbonyl (C=O) groups excluding carboxylic acids is 1. The molecular formula is C11H13BrClNO2. The molecule has 0 spiro atoms. The second-order valence-corrected chi connectivity index (χ2v) is 5.08. The molecule has 0 bridgehead atoms. The minimum atomic E-state index is -0.0290. The van der Waals surface area contributed by atoms with E-state index in [-0.39, 0.29) is 5.91 Å². The highest BCUT2D eigenvalue weighted by molar-refractivity contribution is 9.10. The standard InChI is InChI=1S/C11H13BrClNO2/c12-10-2-1-9(16-10)11(15)14-5-3-8(7-13)4-6-14/h1-2,8H,3-7H2. The summed E-state index contributed by atoms with van der Waals surface area (Å²) in [4.78, 5) is 13.8. The summed E-state index contributed by atoms with van der Waals surface area (Å²) in [6.07, 6.45) is 1.97. The van der Waals surface area contributed by atoms with Gasteiger partial charge in [0.25, 0.3) is 5.91 Å². The Morgan fingerprint density at radius 2 is 2.19 bits per heavy atom. The largest absolute Gasteiger partial charge is 0.444 e. The number of piperidine rings is 1. The van der Waals surface area contributed by atoms with Crippen molar-refractivity contribution >= 4 is 33.4 Å². The second-order valence-electron chi connectivity index (χ2n) is 3.99. The zero-order chi connectivity index (χ0) is 11.5. The van der Waals surface area contributed by atoms with Crippen LogP contribution in [-0.2, 0) is 0 Å². The first-order chi connectivity index (χ1) is 7.70. The minimum absolute atomic E-state index is 0.0290. The van der Waals surface area contributed by atoms with Crippen molar-refractivity contribution in [1.82, 2.24) is 4.90 Å². The lowest BCUT2D eigenvalue weighted by Crippen LogP contribution is -2.38. The predicted octanol–water partition coefficient (Wildman–Crippen LogP) is 3.13. The number of likely N-dealkylation sites (tertiary alicyclic amines) is 1.